The smallest absolute Gasteiger partial charge is 0.194 e. The molecule has 3 nitrogen and oxygen atoms in total. The zero-order valence-electron chi connectivity index (χ0n) is 12.6. The molecule has 0 amide bonds. The number of aromatic amines is 1. The van der Waals surface area contributed by atoms with Gasteiger partial charge >= 0.3 is 0 Å². The molecule has 3 rings (SSSR count). The molecule has 0 radical (unpaired) electrons. The lowest BCUT2D eigenvalue weighted by atomic mass is 9.98. The summed E-state index contributed by atoms with van der Waals surface area (Å²) in [7, 11) is 0. The van der Waals surface area contributed by atoms with E-state index < -0.39 is 0 Å². The largest absolute Gasteiger partial charge is 0.358 e. The first-order valence-electron chi connectivity index (χ1n) is 7.58. The number of hydrogen-bond donors (Lipinski definition) is 1. The molecule has 1 fully saturated rings. The van der Waals surface area contributed by atoms with E-state index in [2.05, 4.69) is 16.8 Å². The number of aromatic nitrogens is 1. The van der Waals surface area contributed by atoms with Crippen molar-refractivity contribution in [3.8, 4) is 0 Å². The van der Waals surface area contributed by atoms with Crippen LogP contribution in [0, 0.1) is 18.7 Å². The number of piperidine rings is 1. The Labute approximate surface area is 123 Å². The molecular weight excluding hydrogens is 267 g/mol. The fraction of sp³-hybridized carbons (Fsp3) is 0.471. The Bertz CT molecular complexity index is 715. The Balaban J connectivity index is 1.96. The van der Waals surface area contributed by atoms with Crippen LogP contribution in [0.5, 0.6) is 0 Å². The van der Waals surface area contributed by atoms with E-state index in [9.17, 15) is 9.18 Å². The van der Waals surface area contributed by atoms with Gasteiger partial charge in [-0.1, -0.05) is 6.92 Å². The normalized spacial score (nSPS) is 17.5. The molecule has 21 heavy (non-hydrogen) atoms. The van der Waals surface area contributed by atoms with E-state index in [-0.39, 0.29) is 11.2 Å². The summed E-state index contributed by atoms with van der Waals surface area (Å²) in [5.74, 6) is 0.404. The third-order valence-electron chi connectivity index (χ3n) is 4.53. The van der Waals surface area contributed by atoms with Crippen molar-refractivity contribution < 1.29 is 4.39 Å². The number of benzene rings is 1. The number of likely N-dealkylation sites (tertiary alicyclic amines) is 1. The van der Waals surface area contributed by atoms with Crippen molar-refractivity contribution in [2.75, 3.05) is 13.1 Å². The van der Waals surface area contributed by atoms with E-state index in [4.69, 9.17) is 0 Å². The average Bonchev–Trinajstić information content (AvgIpc) is 2.46. The van der Waals surface area contributed by atoms with Crippen LogP contribution in [0.2, 0.25) is 0 Å². The highest BCUT2D eigenvalue weighted by atomic mass is 19.1. The second kappa shape index (κ2) is 5.60. The van der Waals surface area contributed by atoms with E-state index in [1.165, 1.54) is 25.0 Å². The number of pyridine rings is 1. The van der Waals surface area contributed by atoms with Crippen LogP contribution < -0.4 is 5.43 Å². The van der Waals surface area contributed by atoms with Gasteiger partial charge in [0.25, 0.3) is 0 Å². The number of nitrogens with zero attached hydrogens (tertiary/aromatic N) is 1. The molecule has 1 N–H and O–H groups in total. The number of fused-ring (bicyclic) bond motifs is 1. The third-order valence-corrected chi connectivity index (χ3v) is 4.53. The molecule has 1 aliphatic rings. The van der Waals surface area contributed by atoms with Crippen LogP contribution in [0.1, 0.15) is 31.0 Å². The van der Waals surface area contributed by atoms with Crippen molar-refractivity contribution in [3.63, 3.8) is 0 Å². The van der Waals surface area contributed by atoms with Crippen molar-refractivity contribution in [1.82, 2.24) is 9.88 Å². The van der Waals surface area contributed by atoms with Crippen LogP contribution in [-0.2, 0) is 6.54 Å². The van der Waals surface area contributed by atoms with Gasteiger partial charge in [-0.15, -0.1) is 0 Å². The zero-order valence-corrected chi connectivity index (χ0v) is 12.6. The summed E-state index contributed by atoms with van der Waals surface area (Å²) in [6.45, 7) is 6.91. The lowest BCUT2D eigenvalue weighted by Crippen LogP contribution is -2.34. The Morgan fingerprint density at radius 1 is 1.33 bits per heavy atom. The molecule has 0 bridgehead atoms. The summed E-state index contributed by atoms with van der Waals surface area (Å²) in [5, 5.41) is 0.445. The minimum Gasteiger partial charge on any atom is -0.358 e. The molecule has 1 saturated heterocycles. The molecule has 0 atom stereocenters. The maximum Gasteiger partial charge on any atom is 0.194 e. The molecule has 2 aromatic rings. The lowest BCUT2D eigenvalue weighted by molar-refractivity contribution is 0.184. The fourth-order valence-electron chi connectivity index (χ4n) is 3.06. The number of hydrogen-bond acceptors (Lipinski definition) is 2. The lowest BCUT2D eigenvalue weighted by Gasteiger charge is -2.30. The third kappa shape index (κ3) is 2.86. The van der Waals surface area contributed by atoms with E-state index >= 15 is 0 Å². The summed E-state index contributed by atoms with van der Waals surface area (Å²) in [5.41, 5.74) is 2.31. The molecular formula is C17H21FN2O. The maximum absolute atomic E-state index is 13.4. The fourth-order valence-corrected chi connectivity index (χ4v) is 3.06. The summed E-state index contributed by atoms with van der Waals surface area (Å²) in [6, 6.07) is 4.34. The highest BCUT2D eigenvalue weighted by Gasteiger charge is 2.18. The van der Waals surface area contributed by atoms with Gasteiger partial charge in [-0.05, 0) is 57.0 Å². The average molecular weight is 288 g/mol. The van der Waals surface area contributed by atoms with Gasteiger partial charge in [0.15, 0.2) is 5.43 Å². The number of rotatable bonds is 2. The second-order valence-corrected chi connectivity index (χ2v) is 6.21. The van der Waals surface area contributed by atoms with Crippen LogP contribution in [0.15, 0.2) is 23.0 Å². The van der Waals surface area contributed by atoms with Crippen LogP contribution in [0.3, 0.4) is 0 Å². The second-order valence-electron chi connectivity index (χ2n) is 6.21. The predicted molar refractivity (Wildman–Crippen MR) is 82.9 cm³/mol. The minimum absolute atomic E-state index is 0.0422. The first-order chi connectivity index (χ1) is 10.0. The van der Waals surface area contributed by atoms with Gasteiger partial charge in [0.05, 0.1) is 0 Å². The Hall–Kier alpha value is -1.68. The quantitative estimate of drug-likeness (QED) is 0.921. The van der Waals surface area contributed by atoms with Gasteiger partial charge in [0.2, 0.25) is 0 Å². The maximum atomic E-state index is 13.4. The minimum atomic E-state index is -0.366. The summed E-state index contributed by atoms with van der Waals surface area (Å²) in [4.78, 5) is 18.2. The summed E-state index contributed by atoms with van der Waals surface area (Å²) < 4.78 is 13.4. The molecule has 112 valence electrons. The van der Waals surface area contributed by atoms with Crippen molar-refractivity contribution in [1.29, 1.82) is 0 Å². The van der Waals surface area contributed by atoms with Crippen molar-refractivity contribution in [3.05, 3.63) is 45.5 Å². The van der Waals surface area contributed by atoms with Gasteiger partial charge < -0.3 is 4.98 Å². The Morgan fingerprint density at radius 3 is 2.76 bits per heavy atom. The van der Waals surface area contributed by atoms with Crippen LogP contribution >= 0.6 is 0 Å². The van der Waals surface area contributed by atoms with Crippen molar-refractivity contribution in [2.24, 2.45) is 5.92 Å². The first-order valence-corrected chi connectivity index (χ1v) is 7.58. The number of aryl methyl sites for hydroxylation is 1. The topological polar surface area (TPSA) is 36.1 Å². The van der Waals surface area contributed by atoms with Crippen LogP contribution in [0.25, 0.3) is 10.9 Å². The van der Waals surface area contributed by atoms with E-state index in [1.807, 2.05) is 6.92 Å². The molecule has 0 unspecified atom stereocenters. The highest BCUT2D eigenvalue weighted by molar-refractivity contribution is 5.79. The van der Waals surface area contributed by atoms with E-state index in [0.717, 1.165) is 30.3 Å². The van der Waals surface area contributed by atoms with Crippen molar-refractivity contribution in [2.45, 2.75) is 33.2 Å². The molecule has 1 aromatic heterocycles. The number of halogens is 1. The molecule has 0 aliphatic carbocycles. The van der Waals surface area contributed by atoms with Crippen LogP contribution in [0.4, 0.5) is 4.39 Å². The molecule has 1 aliphatic heterocycles. The molecule has 2 heterocycles. The molecule has 1 aromatic carbocycles. The van der Waals surface area contributed by atoms with Crippen molar-refractivity contribution >= 4 is 10.9 Å². The van der Waals surface area contributed by atoms with E-state index in [1.54, 1.807) is 6.07 Å². The van der Waals surface area contributed by atoms with Gasteiger partial charge in [-0.2, -0.15) is 0 Å². The Kier molecular flexibility index (Phi) is 3.81. The summed E-state index contributed by atoms with van der Waals surface area (Å²) >= 11 is 0. The van der Waals surface area contributed by atoms with Gasteiger partial charge in [-0.3, -0.25) is 9.69 Å². The number of nitrogens with one attached hydrogen (secondary N) is 1. The van der Waals surface area contributed by atoms with Crippen LogP contribution in [-0.4, -0.2) is 23.0 Å². The van der Waals surface area contributed by atoms with Gasteiger partial charge in [0.1, 0.15) is 5.82 Å². The Morgan fingerprint density at radius 2 is 2.05 bits per heavy atom. The number of H-pyrrole nitrogens is 1. The summed E-state index contributed by atoms with van der Waals surface area (Å²) in [6.07, 6.45) is 2.36. The first kappa shape index (κ1) is 14.3. The zero-order chi connectivity index (χ0) is 15.0. The molecule has 0 spiro atoms. The monoisotopic (exact) mass is 288 g/mol. The standard InChI is InChI=1S/C17H21FN2O/c1-11-5-7-20(8-6-11)10-15-12(2)19-16-4-3-13(18)9-14(16)17(15)21/h3-4,9,11H,5-8,10H2,1-2H3,(H,19,21). The SMILES string of the molecule is Cc1[nH]c2ccc(F)cc2c(=O)c1CN1CCC(C)CC1. The van der Waals surface area contributed by atoms with Gasteiger partial charge in [-0.25, -0.2) is 4.39 Å². The highest BCUT2D eigenvalue weighted by Crippen LogP contribution is 2.19. The molecule has 0 saturated carbocycles. The predicted octanol–water partition coefficient (Wildman–Crippen LogP) is 3.21. The molecule has 4 heteroatoms. The van der Waals surface area contributed by atoms with Gasteiger partial charge in [0, 0.05) is 28.7 Å². The van der Waals surface area contributed by atoms with E-state index in [0.29, 0.717) is 17.4 Å².